The minimum atomic E-state index is -0.941. The number of imidazole rings is 1. The van der Waals surface area contributed by atoms with Crippen LogP contribution in [0.15, 0.2) is 18.2 Å². The van der Waals surface area contributed by atoms with Crippen LogP contribution in [0.2, 0.25) is 0 Å². The molecular formula is C16H20N2O3. The van der Waals surface area contributed by atoms with Crippen molar-refractivity contribution in [2.24, 2.45) is 5.92 Å². The molecule has 1 fully saturated rings. The Morgan fingerprint density at radius 2 is 2.24 bits per heavy atom. The molecule has 112 valence electrons. The van der Waals surface area contributed by atoms with E-state index in [0.29, 0.717) is 11.4 Å². The molecule has 0 spiro atoms. The van der Waals surface area contributed by atoms with Gasteiger partial charge in [-0.2, -0.15) is 0 Å². The number of aliphatic hydroxyl groups is 1. The minimum absolute atomic E-state index is 0.190. The Balaban J connectivity index is 2.04. The number of carboxylic acids is 1. The molecule has 2 aromatic rings. The Morgan fingerprint density at radius 3 is 2.86 bits per heavy atom. The first kappa shape index (κ1) is 14.1. The lowest BCUT2D eigenvalue weighted by molar-refractivity contribution is 0.0699. The maximum Gasteiger partial charge on any atom is 0.337 e. The number of aromatic carboxylic acids is 1. The molecular weight excluding hydrogens is 268 g/mol. The number of para-hydroxylation sites is 1. The highest BCUT2D eigenvalue weighted by Crippen LogP contribution is 2.29. The van der Waals surface area contributed by atoms with Crippen molar-refractivity contribution in [2.45, 2.75) is 45.3 Å². The number of aromatic nitrogens is 2. The molecule has 3 rings (SSSR count). The number of nitrogens with zero attached hydrogens (tertiary/aromatic N) is 2. The summed E-state index contributed by atoms with van der Waals surface area (Å²) >= 11 is 0. The molecule has 0 amide bonds. The largest absolute Gasteiger partial charge is 0.478 e. The zero-order valence-electron chi connectivity index (χ0n) is 12.1. The highest BCUT2D eigenvalue weighted by atomic mass is 16.4. The van der Waals surface area contributed by atoms with Crippen LogP contribution in [0.1, 0.15) is 42.4 Å². The lowest BCUT2D eigenvalue weighted by Gasteiger charge is -2.13. The highest BCUT2D eigenvalue weighted by molar-refractivity contribution is 6.01. The lowest BCUT2D eigenvalue weighted by Crippen LogP contribution is -2.11. The van der Waals surface area contributed by atoms with Gasteiger partial charge < -0.3 is 14.8 Å². The first-order valence-electron chi connectivity index (χ1n) is 7.49. The van der Waals surface area contributed by atoms with E-state index >= 15 is 0 Å². The molecule has 21 heavy (non-hydrogen) atoms. The van der Waals surface area contributed by atoms with Crippen molar-refractivity contribution in [1.82, 2.24) is 9.55 Å². The summed E-state index contributed by atoms with van der Waals surface area (Å²) in [5.74, 6) is 0.417. The van der Waals surface area contributed by atoms with Crippen LogP contribution in [0.25, 0.3) is 11.0 Å². The maximum atomic E-state index is 11.3. The summed E-state index contributed by atoms with van der Waals surface area (Å²) in [4.78, 5) is 15.9. The van der Waals surface area contributed by atoms with Crippen molar-refractivity contribution in [2.75, 3.05) is 0 Å². The molecule has 2 atom stereocenters. The molecule has 0 bridgehead atoms. The van der Waals surface area contributed by atoms with Gasteiger partial charge in [-0.1, -0.05) is 13.0 Å². The van der Waals surface area contributed by atoms with Gasteiger partial charge in [-0.15, -0.1) is 0 Å². The zero-order chi connectivity index (χ0) is 15.0. The van der Waals surface area contributed by atoms with Gasteiger partial charge in [0.1, 0.15) is 11.3 Å². The SMILES string of the molecule is CCc1nc2c(C(=O)O)cccc2n1CC1CCC(O)C1. The van der Waals surface area contributed by atoms with Gasteiger partial charge in [0.15, 0.2) is 0 Å². The third-order valence-electron chi connectivity index (χ3n) is 4.36. The van der Waals surface area contributed by atoms with Crippen LogP contribution < -0.4 is 0 Å². The van der Waals surface area contributed by atoms with Gasteiger partial charge in [-0.25, -0.2) is 9.78 Å². The minimum Gasteiger partial charge on any atom is -0.478 e. The van der Waals surface area contributed by atoms with E-state index in [9.17, 15) is 15.0 Å². The average Bonchev–Trinajstić information content (AvgIpc) is 3.03. The van der Waals surface area contributed by atoms with Crippen LogP contribution in [0, 0.1) is 5.92 Å². The third kappa shape index (κ3) is 2.53. The van der Waals surface area contributed by atoms with Crippen molar-refractivity contribution >= 4 is 17.0 Å². The van der Waals surface area contributed by atoms with Crippen LogP contribution in [0.4, 0.5) is 0 Å². The van der Waals surface area contributed by atoms with Crippen molar-refractivity contribution in [1.29, 1.82) is 0 Å². The van der Waals surface area contributed by atoms with E-state index < -0.39 is 5.97 Å². The Bertz CT molecular complexity index is 677. The standard InChI is InChI=1S/C16H20N2O3/c1-2-14-17-15-12(16(20)21)4-3-5-13(15)18(14)9-10-6-7-11(19)8-10/h3-5,10-11,19H,2,6-9H2,1H3,(H,20,21). The molecule has 1 heterocycles. The van der Waals surface area contributed by atoms with Crippen LogP contribution in [-0.2, 0) is 13.0 Å². The van der Waals surface area contributed by atoms with E-state index in [0.717, 1.165) is 43.6 Å². The molecule has 0 radical (unpaired) electrons. The van der Waals surface area contributed by atoms with Gasteiger partial charge in [-0.05, 0) is 37.3 Å². The number of rotatable bonds is 4. The summed E-state index contributed by atoms with van der Waals surface area (Å²) < 4.78 is 2.13. The molecule has 2 unspecified atom stereocenters. The van der Waals surface area contributed by atoms with Gasteiger partial charge in [0.25, 0.3) is 0 Å². The topological polar surface area (TPSA) is 75.3 Å². The van der Waals surface area contributed by atoms with Gasteiger partial charge >= 0.3 is 5.97 Å². The second-order valence-electron chi connectivity index (χ2n) is 5.80. The molecule has 1 aromatic heterocycles. The molecule has 1 aromatic carbocycles. The molecule has 2 N–H and O–H groups in total. The zero-order valence-corrected chi connectivity index (χ0v) is 12.1. The second kappa shape index (κ2) is 5.48. The summed E-state index contributed by atoms with van der Waals surface area (Å²) in [6.07, 6.45) is 3.27. The normalized spacial score (nSPS) is 22.0. The molecule has 1 aliphatic carbocycles. The fourth-order valence-corrected chi connectivity index (χ4v) is 3.31. The highest BCUT2D eigenvalue weighted by Gasteiger charge is 2.25. The number of benzene rings is 1. The number of carbonyl (C=O) groups is 1. The predicted octanol–water partition coefficient (Wildman–Crippen LogP) is 2.46. The summed E-state index contributed by atoms with van der Waals surface area (Å²) in [6, 6.07) is 5.30. The first-order valence-corrected chi connectivity index (χ1v) is 7.49. The Morgan fingerprint density at radius 1 is 1.43 bits per heavy atom. The quantitative estimate of drug-likeness (QED) is 0.906. The van der Waals surface area contributed by atoms with Crippen LogP contribution in [0.3, 0.4) is 0 Å². The second-order valence-corrected chi connectivity index (χ2v) is 5.80. The van der Waals surface area contributed by atoms with Crippen molar-refractivity contribution < 1.29 is 15.0 Å². The summed E-state index contributed by atoms with van der Waals surface area (Å²) in [7, 11) is 0. The monoisotopic (exact) mass is 288 g/mol. The Labute approximate surface area is 123 Å². The number of hydrogen-bond acceptors (Lipinski definition) is 3. The summed E-state index contributed by atoms with van der Waals surface area (Å²) in [5.41, 5.74) is 1.71. The average molecular weight is 288 g/mol. The summed E-state index contributed by atoms with van der Waals surface area (Å²) in [5, 5.41) is 19.0. The molecule has 1 aliphatic rings. The van der Waals surface area contributed by atoms with Gasteiger partial charge in [-0.3, -0.25) is 0 Å². The number of aryl methyl sites for hydroxylation is 1. The van der Waals surface area contributed by atoms with E-state index in [-0.39, 0.29) is 11.7 Å². The fraction of sp³-hybridized carbons (Fsp3) is 0.500. The number of fused-ring (bicyclic) bond motifs is 1. The van der Waals surface area contributed by atoms with Crippen molar-refractivity contribution in [3.8, 4) is 0 Å². The molecule has 1 saturated carbocycles. The van der Waals surface area contributed by atoms with Crippen molar-refractivity contribution in [3.63, 3.8) is 0 Å². The van der Waals surface area contributed by atoms with Crippen molar-refractivity contribution in [3.05, 3.63) is 29.6 Å². The number of aliphatic hydroxyl groups excluding tert-OH is 1. The fourth-order valence-electron chi connectivity index (χ4n) is 3.31. The van der Waals surface area contributed by atoms with Gasteiger partial charge in [0.2, 0.25) is 0 Å². The Kier molecular flexibility index (Phi) is 3.68. The third-order valence-corrected chi connectivity index (χ3v) is 4.36. The first-order chi connectivity index (χ1) is 10.1. The maximum absolute atomic E-state index is 11.3. The number of carboxylic acid groups (broad SMARTS) is 1. The van der Waals surface area contributed by atoms with E-state index in [4.69, 9.17) is 0 Å². The Hall–Kier alpha value is -1.88. The van der Waals surface area contributed by atoms with Gasteiger partial charge in [0, 0.05) is 13.0 Å². The van der Waals surface area contributed by atoms with Crippen LogP contribution in [0.5, 0.6) is 0 Å². The predicted molar refractivity (Wildman–Crippen MR) is 79.4 cm³/mol. The molecule has 0 aliphatic heterocycles. The van der Waals surface area contributed by atoms with Gasteiger partial charge in [0.05, 0.1) is 17.2 Å². The molecule has 5 nitrogen and oxygen atoms in total. The lowest BCUT2D eigenvalue weighted by atomic mass is 10.1. The van der Waals surface area contributed by atoms with E-state index in [1.807, 2.05) is 13.0 Å². The summed E-state index contributed by atoms with van der Waals surface area (Å²) in [6.45, 7) is 2.83. The van der Waals surface area contributed by atoms with Crippen LogP contribution >= 0.6 is 0 Å². The number of hydrogen-bond donors (Lipinski definition) is 2. The van der Waals surface area contributed by atoms with E-state index in [2.05, 4.69) is 9.55 Å². The van der Waals surface area contributed by atoms with Crippen LogP contribution in [-0.4, -0.2) is 31.8 Å². The van der Waals surface area contributed by atoms with E-state index in [1.54, 1.807) is 12.1 Å². The smallest absolute Gasteiger partial charge is 0.337 e. The van der Waals surface area contributed by atoms with E-state index in [1.165, 1.54) is 0 Å². The molecule has 5 heteroatoms. The molecule has 0 saturated heterocycles.